The van der Waals surface area contributed by atoms with Crippen molar-refractivity contribution >= 4 is 45.2 Å². The van der Waals surface area contributed by atoms with Crippen LogP contribution < -0.4 is 5.32 Å². The number of nitrogens with one attached hydrogen (secondary N) is 1. The van der Waals surface area contributed by atoms with Crippen molar-refractivity contribution in [2.75, 3.05) is 5.75 Å². The molecule has 0 unspecified atom stereocenters. The molecule has 0 aliphatic heterocycles. The fourth-order valence-electron chi connectivity index (χ4n) is 1.83. The van der Waals surface area contributed by atoms with Gasteiger partial charge in [0.1, 0.15) is 21.7 Å². The Labute approximate surface area is 136 Å². The summed E-state index contributed by atoms with van der Waals surface area (Å²) in [6.07, 6.45) is 1.49. The van der Waals surface area contributed by atoms with Crippen LogP contribution in [0, 0.1) is 13.8 Å². The third-order valence-electron chi connectivity index (χ3n) is 3.26. The number of carbonyl (C=O) groups is 2. The first-order chi connectivity index (χ1) is 10.2. The minimum atomic E-state index is -1.28. The first kappa shape index (κ1) is 16.7. The molecular weight excluding hydrogens is 322 g/mol. The number of thiophene rings is 1. The van der Waals surface area contributed by atoms with Gasteiger partial charge in [-0.25, -0.2) is 14.8 Å². The molecule has 0 saturated carbocycles. The smallest absolute Gasteiger partial charge is 0.328 e. The first-order valence-corrected chi connectivity index (χ1v) is 8.40. The van der Waals surface area contributed by atoms with Crippen LogP contribution in [0.15, 0.2) is 11.4 Å². The Morgan fingerprint density at radius 3 is 2.68 bits per heavy atom. The molecule has 0 aliphatic rings. The SMILES string of the molecule is Cc1sc2ncnc(SCC(=O)NC(C)(C)C(=O)O)c2c1C. The number of aliphatic carboxylic acids is 1. The van der Waals surface area contributed by atoms with Crippen LogP contribution in [0.2, 0.25) is 0 Å². The van der Waals surface area contributed by atoms with Gasteiger partial charge in [0.15, 0.2) is 0 Å². The number of hydrogen-bond acceptors (Lipinski definition) is 6. The van der Waals surface area contributed by atoms with Crippen molar-refractivity contribution in [3.8, 4) is 0 Å². The number of thioether (sulfide) groups is 1. The van der Waals surface area contributed by atoms with Crippen molar-refractivity contribution in [1.29, 1.82) is 0 Å². The number of carbonyl (C=O) groups excluding carboxylic acids is 1. The van der Waals surface area contributed by atoms with Gasteiger partial charge in [-0.2, -0.15) is 0 Å². The van der Waals surface area contributed by atoms with E-state index in [-0.39, 0.29) is 11.7 Å². The van der Waals surface area contributed by atoms with Crippen LogP contribution in [0.4, 0.5) is 0 Å². The largest absolute Gasteiger partial charge is 0.480 e. The van der Waals surface area contributed by atoms with Crippen molar-refractivity contribution in [2.24, 2.45) is 0 Å². The summed E-state index contributed by atoms with van der Waals surface area (Å²) in [6, 6.07) is 0. The zero-order chi connectivity index (χ0) is 16.5. The maximum atomic E-state index is 11.9. The lowest BCUT2D eigenvalue weighted by Crippen LogP contribution is -2.50. The number of carboxylic acids is 1. The molecule has 6 nitrogen and oxygen atoms in total. The number of amides is 1. The van der Waals surface area contributed by atoms with E-state index in [2.05, 4.69) is 15.3 Å². The molecular formula is C14H17N3O3S2. The van der Waals surface area contributed by atoms with Crippen LogP contribution in [0.25, 0.3) is 10.2 Å². The number of rotatable bonds is 5. The molecule has 118 valence electrons. The molecule has 2 heterocycles. The average Bonchev–Trinajstić information content (AvgIpc) is 2.72. The van der Waals surface area contributed by atoms with Crippen LogP contribution >= 0.6 is 23.1 Å². The van der Waals surface area contributed by atoms with Gasteiger partial charge in [-0.05, 0) is 33.3 Å². The molecule has 2 rings (SSSR count). The fourth-order valence-corrected chi connectivity index (χ4v) is 3.75. The standard InChI is InChI=1S/C14H17N3O3S2/c1-7-8(2)22-12-10(7)11(15-6-16-12)21-5-9(18)17-14(3,4)13(19)20/h6H,5H2,1-4H3,(H,17,18)(H,19,20). The Morgan fingerprint density at radius 1 is 1.36 bits per heavy atom. The maximum Gasteiger partial charge on any atom is 0.328 e. The van der Waals surface area contributed by atoms with Crippen molar-refractivity contribution in [3.05, 3.63) is 16.8 Å². The Kier molecular flexibility index (Phi) is 4.72. The summed E-state index contributed by atoms with van der Waals surface area (Å²) < 4.78 is 0. The molecule has 0 aliphatic carbocycles. The third kappa shape index (κ3) is 3.38. The summed E-state index contributed by atoms with van der Waals surface area (Å²) in [6.45, 7) is 6.94. The summed E-state index contributed by atoms with van der Waals surface area (Å²) in [5.41, 5.74) is -0.164. The Balaban J connectivity index is 2.12. The van der Waals surface area contributed by atoms with Gasteiger partial charge in [0.05, 0.1) is 5.75 Å². The molecule has 2 N–H and O–H groups in total. The molecule has 8 heteroatoms. The van der Waals surface area contributed by atoms with E-state index in [1.54, 1.807) is 11.3 Å². The number of nitrogens with zero attached hydrogens (tertiary/aromatic N) is 2. The van der Waals surface area contributed by atoms with Crippen molar-refractivity contribution in [2.45, 2.75) is 38.3 Å². The minimum absolute atomic E-state index is 0.108. The zero-order valence-corrected chi connectivity index (χ0v) is 14.4. The maximum absolute atomic E-state index is 11.9. The van der Waals surface area contributed by atoms with E-state index >= 15 is 0 Å². The van der Waals surface area contributed by atoms with Crippen LogP contribution in [-0.4, -0.2) is 38.2 Å². The molecule has 0 bridgehead atoms. The number of aryl methyl sites for hydroxylation is 2. The minimum Gasteiger partial charge on any atom is -0.480 e. The van der Waals surface area contributed by atoms with E-state index in [0.29, 0.717) is 0 Å². The van der Waals surface area contributed by atoms with Crippen molar-refractivity contribution in [1.82, 2.24) is 15.3 Å². The van der Waals surface area contributed by atoms with Gasteiger partial charge in [0.2, 0.25) is 5.91 Å². The zero-order valence-electron chi connectivity index (χ0n) is 12.8. The summed E-state index contributed by atoms with van der Waals surface area (Å²) in [7, 11) is 0. The lowest BCUT2D eigenvalue weighted by molar-refractivity contribution is -0.145. The summed E-state index contributed by atoms with van der Waals surface area (Å²) in [4.78, 5) is 33.5. The van der Waals surface area contributed by atoms with E-state index < -0.39 is 11.5 Å². The number of fused-ring (bicyclic) bond motifs is 1. The summed E-state index contributed by atoms with van der Waals surface area (Å²) in [5.74, 6) is -1.30. The van der Waals surface area contributed by atoms with Crippen molar-refractivity contribution < 1.29 is 14.7 Å². The van der Waals surface area contributed by atoms with E-state index in [4.69, 9.17) is 5.11 Å². The molecule has 0 spiro atoms. The highest BCUT2D eigenvalue weighted by Crippen LogP contribution is 2.34. The van der Waals surface area contributed by atoms with E-state index in [0.717, 1.165) is 20.8 Å². The molecule has 0 fully saturated rings. The van der Waals surface area contributed by atoms with Gasteiger partial charge in [-0.15, -0.1) is 11.3 Å². The number of aromatic nitrogens is 2. The second-order valence-corrected chi connectivity index (χ2v) is 7.58. The molecule has 22 heavy (non-hydrogen) atoms. The predicted octanol–water partition coefficient (Wildman–Crippen LogP) is 2.38. The molecule has 2 aromatic heterocycles. The molecule has 2 aromatic rings. The average molecular weight is 339 g/mol. The van der Waals surface area contributed by atoms with E-state index in [1.165, 1.54) is 36.8 Å². The van der Waals surface area contributed by atoms with Crippen LogP contribution in [0.5, 0.6) is 0 Å². The lowest BCUT2D eigenvalue weighted by Gasteiger charge is -2.20. The first-order valence-electron chi connectivity index (χ1n) is 6.60. The van der Waals surface area contributed by atoms with Gasteiger partial charge >= 0.3 is 5.97 Å². The Bertz CT molecular complexity index is 740. The topological polar surface area (TPSA) is 92.2 Å². The van der Waals surface area contributed by atoms with Crippen LogP contribution in [0.3, 0.4) is 0 Å². The van der Waals surface area contributed by atoms with Gasteiger partial charge < -0.3 is 10.4 Å². The fraction of sp³-hybridized carbons (Fsp3) is 0.429. The highest BCUT2D eigenvalue weighted by atomic mass is 32.2. The number of hydrogen-bond donors (Lipinski definition) is 2. The van der Waals surface area contributed by atoms with Crippen LogP contribution in [-0.2, 0) is 9.59 Å². The molecule has 0 radical (unpaired) electrons. The molecule has 0 aromatic carbocycles. The quantitative estimate of drug-likeness (QED) is 0.642. The molecule has 0 saturated heterocycles. The Hall–Kier alpha value is -1.67. The monoisotopic (exact) mass is 339 g/mol. The number of carboxylic acid groups (broad SMARTS) is 1. The Morgan fingerprint density at radius 2 is 2.05 bits per heavy atom. The van der Waals surface area contributed by atoms with Gasteiger partial charge in [-0.1, -0.05) is 11.8 Å². The second kappa shape index (κ2) is 6.21. The second-order valence-electron chi connectivity index (χ2n) is 5.41. The van der Waals surface area contributed by atoms with E-state index in [1.807, 2.05) is 13.8 Å². The van der Waals surface area contributed by atoms with Crippen LogP contribution in [0.1, 0.15) is 24.3 Å². The van der Waals surface area contributed by atoms with E-state index in [9.17, 15) is 9.59 Å². The molecule has 0 atom stereocenters. The molecule has 1 amide bonds. The predicted molar refractivity (Wildman–Crippen MR) is 87.5 cm³/mol. The lowest BCUT2D eigenvalue weighted by atomic mass is 10.1. The summed E-state index contributed by atoms with van der Waals surface area (Å²) in [5, 5.41) is 13.2. The van der Waals surface area contributed by atoms with Gasteiger partial charge in [-0.3, -0.25) is 4.79 Å². The third-order valence-corrected chi connectivity index (χ3v) is 5.36. The normalized spacial score (nSPS) is 11.6. The highest BCUT2D eigenvalue weighted by molar-refractivity contribution is 8.00. The van der Waals surface area contributed by atoms with Gasteiger partial charge in [0, 0.05) is 10.3 Å². The summed E-state index contributed by atoms with van der Waals surface area (Å²) >= 11 is 2.89. The van der Waals surface area contributed by atoms with Crippen molar-refractivity contribution in [3.63, 3.8) is 0 Å². The van der Waals surface area contributed by atoms with Gasteiger partial charge in [0.25, 0.3) is 0 Å². The highest BCUT2D eigenvalue weighted by Gasteiger charge is 2.28.